The van der Waals surface area contributed by atoms with Gasteiger partial charge in [-0.25, -0.2) is 9.59 Å². The Kier molecular flexibility index (Phi) is 17.7. The molecule has 2 aromatic rings. The summed E-state index contributed by atoms with van der Waals surface area (Å²) in [7, 11) is 0. The van der Waals surface area contributed by atoms with Crippen molar-refractivity contribution in [3.8, 4) is 0 Å². The van der Waals surface area contributed by atoms with Gasteiger partial charge >= 0.3 is 12.2 Å². The first-order chi connectivity index (χ1) is 40.3. The molecule has 2 amide bonds. The van der Waals surface area contributed by atoms with E-state index >= 15 is 0 Å². The number of Topliss-reactive ketones (excluding diaryl/α,β-unsaturated/α-hetero) is 2. The molecule has 1 N–H and O–H groups in total. The van der Waals surface area contributed by atoms with Crippen LogP contribution in [0.2, 0.25) is 0 Å². The molecule has 14 rings (SSSR count). The number of hydrogen-bond donors (Lipinski definition) is 1. The Morgan fingerprint density at radius 1 is 0.605 bits per heavy atom. The third-order valence-corrected chi connectivity index (χ3v) is 26.1. The van der Waals surface area contributed by atoms with Crippen molar-refractivity contribution in [2.45, 2.75) is 241 Å². The number of nitrogens with zero attached hydrogens (tertiary/aromatic N) is 2. The fraction of sp³-hybridized carbons (Fsp3) is 0.707. The molecule has 2 aromatic carbocycles. The van der Waals surface area contributed by atoms with Gasteiger partial charge in [-0.3, -0.25) is 9.59 Å². The Labute approximate surface area is 516 Å². The van der Waals surface area contributed by atoms with Crippen LogP contribution in [0, 0.1) is 81.8 Å². The van der Waals surface area contributed by atoms with Crippen molar-refractivity contribution in [3.63, 3.8) is 0 Å². The molecule has 8 aliphatic carbocycles. The quantitative estimate of drug-likeness (QED) is 0.181. The molecule has 11 nitrogen and oxygen atoms in total. The summed E-state index contributed by atoms with van der Waals surface area (Å²) in [5, 5.41) is 9.84. The average molecular weight is 1180 g/mol. The fourth-order valence-electron chi connectivity index (χ4n) is 21.8. The number of piperidine rings is 2. The third kappa shape index (κ3) is 10.8. The smallest absolute Gasteiger partial charge is 0.410 e. The summed E-state index contributed by atoms with van der Waals surface area (Å²) < 4.78 is 26.1. The van der Waals surface area contributed by atoms with E-state index in [1.54, 1.807) is 16.7 Å². The molecule has 10 fully saturated rings. The van der Waals surface area contributed by atoms with E-state index in [2.05, 4.69) is 55.4 Å². The first kappa shape index (κ1) is 62.9. The van der Waals surface area contributed by atoms with Gasteiger partial charge in [0, 0.05) is 49.8 Å². The van der Waals surface area contributed by atoms with Crippen LogP contribution in [-0.2, 0) is 41.8 Å². The van der Waals surface area contributed by atoms with Crippen LogP contribution < -0.4 is 0 Å². The van der Waals surface area contributed by atoms with E-state index in [0.29, 0.717) is 83.7 Å². The molecular formula is C75H106N2O9. The summed E-state index contributed by atoms with van der Waals surface area (Å²) in [6, 6.07) is 20.0. The number of carbonyl (C=O) groups excluding carboxylic acids is 4. The molecule has 0 bridgehead atoms. The van der Waals surface area contributed by atoms with E-state index in [4.69, 9.17) is 18.9 Å². The van der Waals surface area contributed by atoms with Gasteiger partial charge in [0.25, 0.3) is 0 Å². The molecule has 2 spiro atoms. The number of amides is 2. The summed E-state index contributed by atoms with van der Waals surface area (Å²) in [6.45, 7) is 20.9. The zero-order valence-electron chi connectivity index (χ0n) is 52.0. The monoisotopic (exact) mass is 1180 g/mol. The molecule has 11 heteroatoms. The molecule has 0 aromatic heterocycles. The highest BCUT2D eigenvalue weighted by atomic mass is 16.6. The average Bonchev–Trinajstić information content (AvgIpc) is 1.59. The number of hydrogen-bond acceptors (Lipinski definition) is 9. The van der Waals surface area contributed by atoms with Crippen molar-refractivity contribution in [1.82, 2.24) is 9.80 Å². The van der Waals surface area contributed by atoms with Crippen molar-refractivity contribution >= 4 is 23.8 Å². The number of carbonyl (C=O) groups is 4. The van der Waals surface area contributed by atoms with E-state index in [-0.39, 0.29) is 85.6 Å². The Bertz CT molecular complexity index is 2950. The van der Waals surface area contributed by atoms with Crippen molar-refractivity contribution in [2.24, 2.45) is 81.8 Å². The lowest BCUT2D eigenvalue weighted by molar-refractivity contribution is -0.130. The van der Waals surface area contributed by atoms with Gasteiger partial charge in [-0.2, -0.15) is 0 Å². The SMILES string of the molecule is C.C.CC1=C2C[C@H]3[C@@H](CC[C@@H]4CC(=O)/C(=C\O)C[C@@]43C)[C@@H]2CC[C@@]2(C1)O[C@@H]1C[C@H](C)CN(C(=O)OCc3ccccc3)[C@H]1[C@H]2C.CC1=C2C[C@H]3[C@@H](CC[C@@H]4CC(=O)CC[C@@]43C)[C@@H]2CC[C@@]2(C1)O[C@@H]1C[C@H](C)CN(C(=O)OCc3ccccc3)[C@H]1[C@H]2C. The number of aliphatic hydroxyl groups excluding tert-OH is 1. The van der Waals surface area contributed by atoms with Crippen molar-refractivity contribution < 1.29 is 43.2 Å². The zero-order valence-corrected chi connectivity index (χ0v) is 52.0. The van der Waals surface area contributed by atoms with Gasteiger partial charge in [-0.1, -0.05) is 139 Å². The standard InChI is InChI=1S/C37H49NO5.C36H49NO4.2CH4/c1-22-14-33-34(38(19-22)35(41)42-21-25-8-6-5-7-9-25)24(3)37(43-33)13-12-28-29-11-10-27-15-32(40)26(20-39)18-36(27,4)31(29)16-30(28)23(2)17-37;1-22-16-32-33(37(20-22)34(39)40-21-25-8-6-5-7-9-25)24(3)36(41-32)15-13-28-29-11-10-26-17-27(38)12-14-35(26,4)31(29)18-30(28)23(2)19-36;;/h5-9,20,22,24,27-29,31,33-34,39H,10-19,21H2,1-4H3;5-9,22,24,26,28-29,31-33H,10-21H2,1-4H3;2*1H4/b26-20-;;;/t22-,24+,27+,28-,29-,31-,33+,34-,36-,37-;22-,24+,26+,28-,29-,31-,32+,33-,35-,36-;;/m00../s1. The van der Waals surface area contributed by atoms with Crippen LogP contribution in [-0.4, -0.2) is 87.2 Å². The number of likely N-dealkylation sites (tertiary alicyclic amines) is 2. The maximum Gasteiger partial charge on any atom is 0.410 e. The highest BCUT2D eigenvalue weighted by Crippen LogP contribution is 2.67. The minimum Gasteiger partial charge on any atom is -0.515 e. The number of ether oxygens (including phenoxy) is 4. The second-order valence-corrected chi connectivity index (χ2v) is 30.5. The van der Waals surface area contributed by atoms with Crippen molar-refractivity contribution in [1.29, 1.82) is 0 Å². The Morgan fingerprint density at radius 2 is 1.06 bits per heavy atom. The molecule has 0 unspecified atom stereocenters. The van der Waals surface area contributed by atoms with Gasteiger partial charge in [-0.15, -0.1) is 0 Å². The van der Waals surface area contributed by atoms with Crippen LogP contribution in [0.15, 0.2) is 94.8 Å². The topological polar surface area (TPSA) is 132 Å². The highest BCUT2D eigenvalue weighted by Gasteiger charge is 2.64. The Hall–Kier alpha value is -4.74. The first-order valence-electron chi connectivity index (χ1n) is 33.4. The minimum absolute atomic E-state index is 0. The van der Waals surface area contributed by atoms with Gasteiger partial charge in [0.1, 0.15) is 19.0 Å². The lowest BCUT2D eigenvalue weighted by Gasteiger charge is -2.52. The summed E-state index contributed by atoms with van der Waals surface area (Å²) in [4.78, 5) is 56.0. The summed E-state index contributed by atoms with van der Waals surface area (Å²) in [5.74, 6) is 6.87. The lowest BCUT2D eigenvalue weighted by Crippen LogP contribution is -2.54. The van der Waals surface area contributed by atoms with Gasteiger partial charge in [0.15, 0.2) is 5.78 Å². The number of rotatable bonds is 4. The van der Waals surface area contributed by atoms with E-state index < -0.39 is 0 Å². The number of allylic oxidation sites excluding steroid dienone is 3. The highest BCUT2D eigenvalue weighted by molar-refractivity contribution is 5.96. The van der Waals surface area contributed by atoms with Crippen LogP contribution in [0.25, 0.3) is 0 Å². The van der Waals surface area contributed by atoms with E-state index in [1.807, 2.05) is 70.5 Å². The zero-order chi connectivity index (χ0) is 58.6. The molecule has 4 heterocycles. The molecule has 6 saturated carbocycles. The number of benzene rings is 2. The van der Waals surface area contributed by atoms with E-state index in [0.717, 1.165) is 126 Å². The maximum atomic E-state index is 13.5. The van der Waals surface area contributed by atoms with Crippen molar-refractivity contribution in [3.05, 3.63) is 106 Å². The first-order valence-corrected chi connectivity index (χ1v) is 33.4. The second kappa shape index (κ2) is 24.2. The molecule has 4 aliphatic heterocycles. The van der Waals surface area contributed by atoms with Crippen molar-refractivity contribution in [2.75, 3.05) is 13.1 Å². The van der Waals surface area contributed by atoms with E-state index in [1.165, 1.54) is 37.7 Å². The molecule has 86 heavy (non-hydrogen) atoms. The predicted molar refractivity (Wildman–Crippen MR) is 338 cm³/mol. The summed E-state index contributed by atoms with van der Waals surface area (Å²) in [5.41, 5.74) is 9.05. The van der Waals surface area contributed by atoms with E-state index in [9.17, 15) is 24.3 Å². The van der Waals surface area contributed by atoms with Crippen LogP contribution in [0.4, 0.5) is 9.59 Å². The molecule has 470 valence electrons. The number of ketones is 2. The normalized spacial score (nSPS) is 42.4. The van der Waals surface area contributed by atoms with Gasteiger partial charge < -0.3 is 33.9 Å². The number of aliphatic hydroxyl groups is 1. The molecule has 0 radical (unpaired) electrons. The van der Waals surface area contributed by atoms with Crippen LogP contribution in [0.5, 0.6) is 0 Å². The summed E-state index contributed by atoms with van der Waals surface area (Å²) >= 11 is 0. The maximum absolute atomic E-state index is 13.5. The predicted octanol–water partition coefficient (Wildman–Crippen LogP) is 16.8. The van der Waals surface area contributed by atoms with Gasteiger partial charge in [-0.05, 0) is 198 Å². The molecule has 20 atom stereocenters. The van der Waals surface area contributed by atoms with Crippen LogP contribution in [0.1, 0.15) is 203 Å². The Balaban J connectivity index is 0.000000175. The fourth-order valence-corrected chi connectivity index (χ4v) is 21.8. The molecule has 12 aliphatic rings. The Morgan fingerprint density at radius 3 is 1.52 bits per heavy atom. The van der Waals surface area contributed by atoms with Gasteiger partial charge in [0.2, 0.25) is 0 Å². The second-order valence-electron chi connectivity index (χ2n) is 30.5. The van der Waals surface area contributed by atoms with Crippen LogP contribution in [0.3, 0.4) is 0 Å². The molecular weight excluding hydrogens is 1070 g/mol. The van der Waals surface area contributed by atoms with Crippen LogP contribution >= 0.6 is 0 Å². The number of fused-ring (bicyclic) bond motifs is 12. The third-order valence-electron chi connectivity index (χ3n) is 26.1. The minimum atomic E-state index is -0.251. The molecule has 4 saturated heterocycles. The summed E-state index contributed by atoms with van der Waals surface area (Å²) in [6.07, 6.45) is 20.4. The largest absolute Gasteiger partial charge is 0.515 e. The lowest BCUT2D eigenvalue weighted by atomic mass is 9.51. The van der Waals surface area contributed by atoms with Gasteiger partial charge in [0.05, 0.1) is 41.8 Å².